The average molecular weight is 398 g/mol. The van der Waals surface area contributed by atoms with Crippen LogP contribution in [0.4, 0.5) is 0 Å². The van der Waals surface area contributed by atoms with Crippen molar-refractivity contribution in [2.24, 2.45) is 5.73 Å². The maximum Gasteiger partial charge on any atom is 0.179 e. The minimum atomic E-state index is 0.338. The van der Waals surface area contributed by atoms with Gasteiger partial charge in [-0.3, -0.25) is 0 Å². The van der Waals surface area contributed by atoms with Crippen LogP contribution in [0.5, 0.6) is 17.2 Å². The van der Waals surface area contributed by atoms with E-state index in [9.17, 15) is 0 Å². The lowest BCUT2D eigenvalue weighted by Crippen LogP contribution is -2.11. The van der Waals surface area contributed by atoms with Gasteiger partial charge in [0, 0.05) is 12.1 Å². The highest BCUT2D eigenvalue weighted by Gasteiger charge is 2.13. The minimum Gasteiger partial charge on any atom is -0.490 e. The van der Waals surface area contributed by atoms with E-state index in [4.69, 9.17) is 31.5 Å². The van der Waals surface area contributed by atoms with E-state index in [2.05, 4.69) is 12.1 Å². The molecule has 0 heterocycles. The molecule has 2 N–H and O–H groups in total. The van der Waals surface area contributed by atoms with Crippen LogP contribution >= 0.6 is 11.6 Å². The first-order chi connectivity index (χ1) is 13.7. The monoisotopic (exact) mass is 397 g/mol. The van der Waals surface area contributed by atoms with Gasteiger partial charge in [0.15, 0.2) is 11.5 Å². The van der Waals surface area contributed by atoms with Crippen molar-refractivity contribution in [1.29, 1.82) is 0 Å². The molecule has 0 saturated heterocycles. The number of benzene rings is 3. The predicted octanol–water partition coefficient (Wildman–Crippen LogP) is 5.32. The van der Waals surface area contributed by atoms with Crippen molar-refractivity contribution in [3.05, 3.63) is 77.3 Å². The maximum absolute atomic E-state index is 6.35. The first-order valence-corrected chi connectivity index (χ1v) is 9.66. The van der Waals surface area contributed by atoms with Gasteiger partial charge >= 0.3 is 0 Å². The summed E-state index contributed by atoms with van der Waals surface area (Å²) in [6.07, 6.45) is 0. The highest BCUT2D eigenvalue weighted by molar-refractivity contribution is 6.32. The average Bonchev–Trinajstić information content (AvgIpc) is 2.73. The van der Waals surface area contributed by atoms with Crippen LogP contribution in [0.15, 0.2) is 66.7 Å². The lowest BCUT2D eigenvalue weighted by Gasteiger charge is -2.16. The SMILES string of the molecule is CCOc1cc(CN)cc(Cl)c1OCCOc1ccccc1-c1ccccc1. The minimum absolute atomic E-state index is 0.338. The predicted molar refractivity (Wildman–Crippen MR) is 113 cm³/mol. The number of hydrogen-bond donors (Lipinski definition) is 1. The Bertz CT molecular complexity index is 900. The fourth-order valence-corrected chi connectivity index (χ4v) is 3.17. The Labute approximate surface area is 170 Å². The van der Waals surface area contributed by atoms with Gasteiger partial charge < -0.3 is 19.9 Å². The van der Waals surface area contributed by atoms with Crippen LogP contribution < -0.4 is 19.9 Å². The Kier molecular flexibility index (Phi) is 7.18. The summed E-state index contributed by atoms with van der Waals surface area (Å²) >= 11 is 6.35. The van der Waals surface area contributed by atoms with E-state index in [0.29, 0.717) is 42.9 Å². The molecular formula is C23H24ClNO3. The summed E-state index contributed by atoms with van der Waals surface area (Å²) in [6.45, 7) is 3.53. The summed E-state index contributed by atoms with van der Waals surface area (Å²) in [5.41, 5.74) is 8.76. The van der Waals surface area contributed by atoms with Crippen LogP contribution in [0.3, 0.4) is 0 Å². The molecule has 0 spiro atoms. The molecule has 3 aromatic carbocycles. The van der Waals surface area contributed by atoms with Gasteiger partial charge in [0.25, 0.3) is 0 Å². The second-order valence-corrected chi connectivity index (χ2v) is 6.51. The van der Waals surface area contributed by atoms with Gasteiger partial charge in [0.05, 0.1) is 11.6 Å². The molecule has 28 heavy (non-hydrogen) atoms. The Morgan fingerprint density at radius 3 is 2.29 bits per heavy atom. The van der Waals surface area contributed by atoms with Gasteiger partial charge in [0.1, 0.15) is 19.0 Å². The molecule has 3 aromatic rings. The molecule has 0 aromatic heterocycles. The third kappa shape index (κ3) is 4.97. The molecule has 0 aliphatic heterocycles. The Balaban J connectivity index is 1.66. The van der Waals surface area contributed by atoms with E-state index < -0.39 is 0 Å². The fraction of sp³-hybridized carbons (Fsp3) is 0.217. The molecule has 5 heteroatoms. The Hall–Kier alpha value is -2.69. The highest BCUT2D eigenvalue weighted by Crippen LogP contribution is 2.36. The van der Waals surface area contributed by atoms with Crippen molar-refractivity contribution < 1.29 is 14.2 Å². The van der Waals surface area contributed by atoms with Gasteiger partial charge in [0.2, 0.25) is 0 Å². The Morgan fingerprint density at radius 1 is 0.821 bits per heavy atom. The standard InChI is InChI=1S/C23H24ClNO3/c1-2-26-22-15-17(16-25)14-20(24)23(22)28-13-12-27-21-11-7-6-10-19(21)18-8-4-3-5-9-18/h3-11,14-15H,2,12-13,16,25H2,1H3. The van der Waals surface area contributed by atoms with E-state index in [1.807, 2.05) is 55.5 Å². The number of nitrogens with two attached hydrogens (primary N) is 1. The van der Waals surface area contributed by atoms with Crippen LogP contribution in [-0.2, 0) is 6.54 Å². The van der Waals surface area contributed by atoms with Crippen molar-refractivity contribution >= 4 is 11.6 Å². The zero-order chi connectivity index (χ0) is 19.8. The lowest BCUT2D eigenvalue weighted by atomic mass is 10.1. The summed E-state index contributed by atoms with van der Waals surface area (Å²) in [5.74, 6) is 1.92. The molecule has 0 amide bonds. The number of hydrogen-bond acceptors (Lipinski definition) is 4. The molecule has 0 unspecified atom stereocenters. The van der Waals surface area contributed by atoms with Crippen LogP contribution in [0.1, 0.15) is 12.5 Å². The molecule has 0 aliphatic carbocycles. The molecule has 0 radical (unpaired) electrons. The van der Waals surface area contributed by atoms with Crippen molar-refractivity contribution in [2.75, 3.05) is 19.8 Å². The van der Waals surface area contributed by atoms with Crippen molar-refractivity contribution in [2.45, 2.75) is 13.5 Å². The lowest BCUT2D eigenvalue weighted by molar-refractivity contribution is 0.209. The van der Waals surface area contributed by atoms with E-state index in [1.54, 1.807) is 6.07 Å². The summed E-state index contributed by atoms with van der Waals surface area (Å²) < 4.78 is 17.5. The summed E-state index contributed by atoms with van der Waals surface area (Å²) in [5, 5.41) is 0.482. The van der Waals surface area contributed by atoms with Crippen LogP contribution in [0.2, 0.25) is 5.02 Å². The van der Waals surface area contributed by atoms with Crippen molar-refractivity contribution in [3.63, 3.8) is 0 Å². The fourth-order valence-electron chi connectivity index (χ4n) is 2.89. The van der Waals surface area contributed by atoms with E-state index in [-0.39, 0.29) is 0 Å². The van der Waals surface area contributed by atoms with Gasteiger partial charge in [-0.1, -0.05) is 60.1 Å². The van der Waals surface area contributed by atoms with Crippen molar-refractivity contribution in [1.82, 2.24) is 0 Å². The van der Waals surface area contributed by atoms with Gasteiger partial charge in [-0.2, -0.15) is 0 Å². The molecule has 146 valence electrons. The molecule has 0 bridgehead atoms. The van der Waals surface area contributed by atoms with Crippen LogP contribution in [0.25, 0.3) is 11.1 Å². The second-order valence-electron chi connectivity index (χ2n) is 6.10. The summed E-state index contributed by atoms with van der Waals surface area (Å²) in [6, 6.07) is 21.7. The highest BCUT2D eigenvalue weighted by atomic mass is 35.5. The maximum atomic E-state index is 6.35. The largest absolute Gasteiger partial charge is 0.490 e. The van der Waals surface area contributed by atoms with Gasteiger partial charge in [-0.15, -0.1) is 0 Å². The molecule has 0 atom stereocenters. The number of para-hydroxylation sites is 1. The molecule has 0 aliphatic rings. The normalized spacial score (nSPS) is 10.5. The zero-order valence-electron chi connectivity index (χ0n) is 15.9. The molecule has 3 rings (SSSR count). The second kappa shape index (κ2) is 10.0. The van der Waals surface area contributed by atoms with Crippen molar-refractivity contribution in [3.8, 4) is 28.4 Å². The van der Waals surface area contributed by atoms with Crippen LogP contribution in [0, 0.1) is 0 Å². The molecular weight excluding hydrogens is 374 g/mol. The Morgan fingerprint density at radius 2 is 1.54 bits per heavy atom. The topological polar surface area (TPSA) is 53.7 Å². The summed E-state index contributed by atoms with van der Waals surface area (Å²) in [7, 11) is 0. The van der Waals surface area contributed by atoms with E-state index in [0.717, 1.165) is 22.4 Å². The van der Waals surface area contributed by atoms with Crippen LogP contribution in [-0.4, -0.2) is 19.8 Å². The van der Waals surface area contributed by atoms with Gasteiger partial charge in [-0.25, -0.2) is 0 Å². The third-order valence-corrected chi connectivity index (χ3v) is 4.44. The van der Waals surface area contributed by atoms with E-state index >= 15 is 0 Å². The number of ether oxygens (including phenoxy) is 3. The zero-order valence-corrected chi connectivity index (χ0v) is 16.6. The molecule has 0 fully saturated rings. The summed E-state index contributed by atoms with van der Waals surface area (Å²) in [4.78, 5) is 0. The molecule has 0 saturated carbocycles. The number of rotatable bonds is 9. The first-order valence-electron chi connectivity index (χ1n) is 9.28. The quantitative estimate of drug-likeness (QED) is 0.496. The smallest absolute Gasteiger partial charge is 0.179 e. The van der Waals surface area contributed by atoms with Gasteiger partial charge in [-0.05, 0) is 36.2 Å². The number of halogens is 1. The third-order valence-electron chi connectivity index (χ3n) is 4.16. The van der Waals surface area contributed by atoms with E-state index in [1.165, 1.54) is 0 Å². The first kappa shape index (κ1) is 20.1. The molecule has 4 nitrogen and oxygen atoms in total.